The Bertz CT molecular complexity index is 985. The average Bonchev–Trinajstić information content (AvgIpc) is 3.16. The van der Waals surface area contributed by atoms with Crippen molar-refractivity contribution in [2.75, 3.05) is 13.1 Å². The molecule has 0 aliphatic rings. The van der Waals surface area contributed by atoms with Crippen molar-refractivity contribution in [2.24, 2.45) is 5.73 Å². The van der Waals surface area contributed by atoms with E-state index < -0.39 is 0 Å². The first-order valence-corrected chi connectivity index (χ1v) is 9.79. The monoisotopic (exact) mass is 429 g/mol. The molecule has 1 unspecified atom stereocenters. The van der Waals surface area contributed by atoms with E-state index in [1.54, 1.807) is 0 Å². The maximum atomic E-state index is 12.3. The third kappa shape index (κ3) is 5.81. The molecule has 5 N–H and O–H groups in total. The van der Waals surface area contributed by atoms with Crippen LogP contribution in [-0.2, 0) is 4.79 Å². The summed E-state index contributed by atoms with van der Waals surface area (Å²) in [7, 11) is 0. The zero-order chi connectivity index (χ0) is 20.8. The Morgan fingerprint density at radius 3 is 2.40 bits per heavy atom. The molecule has 8 heteroatoms. The lowest BCUT2D eigenvalue weighted by Gasteiger charge is -2.14. The number of hydrogen-bond donors (Lipinski definition) is 4. The molecule has 3 aromatic rings. The summed E-state index contributed by atoms with van der Waals surface area (Å²) in [4.78, 5) is 24.3. The first-order chi connectivity index (χ1) is 14.0. The maximum Gasteiger partial charge on any atom is 0.272 e. The van der Waals surface area contributed by atoms with Gasteiger partial charge in [0.25, 0.3) is 5.91 Å². The molecule has 0 saturated heterocycles. The largest absolute Gasteiger partial charge is 0.354 e. The van der Waals surface area contributed by atoms with Crippen LogP contribution in [0.2, 0.25) is 0 Å². The van der Waals surface area contributed by atoms with Crippen LogP contribution in [0, 0.1) is 0 Å². The summed E-state index contributed by atoms with van der Waals surface area (Å²) < 4.78 is 0. The number of nitrogens with zero attached hydrogens (tertiary/aromatic N) is 1. The van der Waals surface area contributed by atoms with Gasteiger partial charge in [-0.1, -0.05) is 56.3 Å². The molecule has 0 radical (unpaired) electrons. The van der Waals surface area contributed by atoms with Crippen molar-refractivity contribution in [2.45, 2.75) is 32.2 Å². The molecule has 160 valence electrons. The van der Waals surface area contributed by atoms with E-state index >= 15 is 0 Å². The maximum absolute atomic E-state index is 12.3. The van der Waals surface area contributed by atoms with E-state index in [2.05, 4.69) is 46.8 Å². The van der Waals surface area contributed by atoms with Gasteiger partial charge in [-0.15, -0.1) is 12.4 Å². The molecule has 0 saturated carbocycles. The molecule has 0 spiro atoms. The summed E-state index contributed by atoms with van der Waals surface area (Å²) in [5, 5.41) is 13.2. The van der Waals surface area contributed by atoms with Gasteiger partial charge in [-0.05, 0) is 23.1 Å². The van der Waals surface area contributed by atoms with Crippen LogP contribution < -0.4 is 16.4 Å². The van der Waals surface area contributed by atoms with Crippen LogP contribution in [0.1, 0.15) is 53.8 Å². The average molecular weight is 430 g/mol. The van der Waals surface area contributed by atoms with Crippen LogP contribution >= 0.6 is 12.4 Å². The van der Waals surface area contributed by atoms with Gasteiger partial charge >= 0.3 is 0 Å². The molecule has 2 aromatic carbocycles. The molecular formula is C22H28ClN5O2. The second kappa shape index (κ2) is 10.8. The van der Waals surface area contributed by atoms with Crippen LogP contribution in [0.4, 0.5) is 0 Å². The smallest absolute Gasteiger partial charge is 0.272 e. The van der Waals surface area contributed by atoms with Gasteiger partial charge in [0.15, 0.2) is 5.69 Å². The van der Waals surface area contributed by atoms with Crippen molar-refractivity contribution >= 4 is 35.1 Å². The number of fused-ring (bicyclic) bond motifs is 1. The highest BCUT2D eigenvalue weighted by molar-refractivity contribution is 6.04. The van der Waals surface area contributed by atoms with Gasteiger partial charge in [-0.3, -0.25) is 14.7 Å². The summed E-state index contributed by atoms with van der Waals surface area (Å²) in [6, 6.07) is 15.3. The number of para-hydroxylation sites is 1. The number of aromatic nitrogens is 2. The van der Waals surface area contributed by atoms with Crippen molar-refractivity contribution < 1.29 is 9.59 Å². The number of nitrogens with two attached hydrogens (primary N) is 1. The van der Waals surface area contributed by atoms with Crippen LogP contribution in [0.5, 0.6) is 0 Å². The van der Waals surface area contributed by atoms with Gasteiger partial charge in [0.05, 0.1) is 5.52 Å². The standard InChI is InChI=1S/C22H27N5O2.ClH/c1-14(2)15-7-9-16(10-8-15)18(23)13-25-20(28)11-12-24-22(29)21-17-5-3-4-6-19(17)26-27-21;/h3-10,14,18H,11-13,23H2,1-2H3,(H,24,29)(H,25,28)(H,26,27);1H. The van der Waals surface area contributed by atoms with Gasteiger partial charge in [0.2, 0.25) is 5.91 Å². The number of amides is 2. The van der Waals surface area contributed by atoms with Gasteiger partial charge in [0, 0.05) is 30.9 Å². The van der Waals surface area contributed by atoms with Gasteiger partial charge in [-0.2, -0.15) is 5.10 Å². The molecule has 3 rings (SSSR count). The number of hydrogen-bond acceptors (Lipinski definition) is 4. The third-order valence-corrected chi connectivity index (χ3v) is 4.87. The van der Waals surface area contributed by atoms with Crippen LogP contribution in [0.15, 0.2) is 48.5 Å². The Labute approximate surface area is 182 Å². The Morgan fingerprint density at radius 1 is 1.03 bits per heavy atom. The Kier molecular flexibility index (Phi) is 8.38. The second-order valence-corrected chi connectivity index (χ2v) is 7.36. The molecular weight excluding hydrogens is 402 g/mol. The minimum atomic E-state index is -0.308. The zero-order valence-corrected chi connectivity index (χ0v) is 18.0. The number of nitrogens with one attached hydrogen (secondary N) is 3. The van der Waals surface area contributed by atoms with Crippen LogP contribution in [0.3, 0.4) is 0 Å². The summed E-state index contributed by atoms with van der Waals surface area (Å²) in [5.74, 6) is -0.00160. The summed E-state index contributed by atoms with van der Waals surface area (Å²) in [5.41, 5.74) is 9.53. The molecule has 1 heterocycles. The van der Waals surface area contributed by atoms with E-state index in [0.717, 1.165) is 16.5 Å². The lowest BCUT2D eigenvalue weighted by atomic mass is 9.99. The van der Waals surface area contributed by atoms with Crippen LogP contribution in [0.25, 0.3) is 10.9 Å². The van der Waals surface area contributed by atoms with Crippen molar-refractivity contribution in [3.05, 3.63) is 65.4 Å². The summed E-state index contributed by atoms with van der Waals surface area (Å²) in [6.45, 7) is 4.85. The predicted octanol–water partition coefficient (Wildman–Crippen LogP) is 3.04. The fourth-order valence-corrected chi connectivity index (χ4v) is 3.07. The number of aromatic amines is 1. The SMILES string of the molecule is CC(C)c1ccc(C(N)CNC(=O)CCNC(=O)c2n[nH]c3ccccc23)cc1.Cl. The topological polar surface area (TPSA) is 113 Å². The number of carbonyl (C=O) groups excluding carboxylic acids is 2. The molecule has 0 aliphatic heterocycles. The Morgan fingerprint density at radius 2 is 1.70 bits per heavy atom. The highest BCUT2D eigenvalue weighted by Gasteiger charge is 2.14. The fraction of sp³-hybridized carbons (Fsp3) is 0.318. The van der Waals surface area contributed by atoms with Crippen molar-refractivity contribution in [3.8, 4) is 0 Å². The number of carbonyl (C=O) groups is 2. The lowest BCUT2D eigenvalue weighted by Crippen LogP contribution is -2.34. The van der Waals surface area contributed by atoms with Crippen molar-refractivity contribution in [3.63, 3.8) is 0 Å². The first kappa shape index (κ1) is 23.4. The lowest BCUT2D eigenvalue weighted by molar-refractivity contribution is -0.121. The fourth-order valence-electron chi connectivity index (χ4n) is 3.07. The molecule has 30 heavy (non-hydrogen) atoms. The molecule has 0 fully saturated rings. The van der Waals surface area contributed by atoms with Crippen molar-refractivity contribution in [1.82, 2.24) is 20.8 Å². The predicted molar refractivity (Wildman–Crippen MR) is 121 cm³/mol. The summed E-state index contributed by atoms with van der Waals surface area (Å²) >= 11 is 0. The van der Waals surface area contributed by atoms with E-state index in [9.17, 15) is 9.59 Å². The van der Waals surface area contributed by atoms with E-state index in [-0.39, 0.29) is 43.2 Å². The minimum Gasteiger partial charge on any atom is -0.354 e. The number of rotatable bonds is 8. The van der Waals surface area contributed by atoms with E-state index in [4.69, 9.17) is 5.73 Å². The molecule has 1 aromatic heterocycles. The molecule has 0 aliphatic carbocycles. The highest BCUT2D eigenvalue weighted by Crippen LogP contribution is 2.17. The first-order valence-electron chi connectivity index (χ1n) is 9.79. The Hall–Kier alpha value is -2.90. The second-order valence-electron chi connectivity index (χ2n) is 7.36. The number of H-pyrrole nitrogens is 1. The molecule has 7 nitrogen and oxygen atoms in total. The number of halogens is 1. The third-order valence-electron chi connectivity index (χ3n) is 4.87. The van der Waals surface area contributed by atoms with E-state index in [1.807, 2.05) is 36.4 Å². The van der Waals surface area contributed by atoms with Crippen molar-refractivity contribution in [1.29, 1.82) is 0 Å². The normalized spacial score (nSPS) is 11.7. The summed E-state index contributed by atoms with van der Waals surface area (Å²) in [6.07, 6.45) is 0.174. The van der Waals surface area contributed by atoms with Gasteiger partial charge < -0.3 is 16.4 Å². The minimum absolute atomic E-state index is 0. The van der Waals surface area contributed by atoms with E-state index in [0.29, 0.717) is 18.2 Å². The zero-order valence-electron chi connectivity index (χ0n) is 17.1. The highest BCUT2D eigenvalue weighted by atomic mass is 35.5. The molecule has 0 bridgehead atoms. The quantitative estimate of drug-likeness (QED) is 0.440. The van der Waals surface area contributed by atoms with E-state index in [1.165, 1.54) is 5.56 Å². The number of benzene rings is 2. The molecule has 2 amide bonds. The van der Waals surface area contributed by atoms with Gasteiger partial charge in [0.1, 0.15) is 0 Å². The molecule has 1 atom stereocenters. The van der Waals surface area contributed by atoms with Crippen LogP contribution in [-0.4, -0.2) is 35.1 Å². The van der Waals surface area contributed by atoms with Gasteiger partial charge in [-0.25, -0.2) is 0 Å². The Balaban J connectivity index is 0.00000320.